The van der Waals surface area contributed by atoms with Crippen LogP contribution in [0.1, 0.15) is 31.2 Å². The van der Waals surface area contributed by atoms with E-state index in [4.69, 9.17) is 9.47 Å². The first-order valence-electron chi connectivity index (χ1n) is 6.90. The fraction of sp³-hybridized carbons (Fsp3) is 0.467. The Kier molecular flexibility index (Phi) is 3.58. The van der Waals surface area contributed by atoms with E-state index in [0.29, 0.717) is 32.2 Å². The molecule has 0 aromatic heterocycles. The Morgan fingerprint density at radius 2 is 1.95 bits per heavy atom. The van der Waals surface area contributed by atoms with E-state index >= 15 is 0 Å². The fourth-order valence-electron chi connectivity index (χ4n) is 2.59. The summed E-state index contributed by atoms with van der Waals surface area (Å²) in [5.41, 5.74) is 0.981. The van der Waals surface area contributed by atoms with Crippen LogP contribution >= 0.6 is 0 Å². The van der Waals surface area contributed by atoms with Crippen LogP contribution in [-0.4, -0.2) is 18.5 Å². The van der Waals surface area contributed by atoms with Crippen LogP contribution in [0.2, 0.25) is 0 Å². The van der Waals surface area contributed by atoms with Gasteiger partial charge in [0, 0.05) is 25.3 Å². The summed E-state index contributed by atoms with van der Waals surface area (Å²) in [5.74, 6) is 1.74. The molecule has 5 heteroatoms. The van der Waals surface area contributed by atoms with Gasteiger partial charge in [-0.25, -0.2) is 0 Å². The third-order valence-corrected chi connectivity index (χ3v) is 3.82. The molecule has 1 aromatic rings. The number of hydrogen-bond donors (Lipinski definition) is 1. The van der Waals surface area contributed by atoms with Crippen molar-refractivity contribution >= 4 is 11.7 Å². The molecule has 1 aliphatic carbocycles. The maximum absolute atomic E-state index is 12.0. The van der Waals surface area contributed by atoms with Gasteiger partial charge in [-0.05, 0) is 30.5 Å². The highest BCUT2D eigenvalue weighted by atomic mass is 16.7. The second-order valence-electron chi connectivity index (χ2n) is 5.22. The zero-order chi connectivity index (χ0) is 13.9. The highest BCUT2D eigenvalue weighted by molar-refractivity contribution is 5.84. The van der Waals surface area contributed by atoms with Crippen molar-refractivity contribution in [2.24, 2.45) is 5.92 Å². The van der Waals surface area contributed by atoms with Crippen LogP contribution in [0, 0.1) is 5.92 Å². The van der Waals surface area contributed by atoms with Gasteiger partial charge in [0.15, 0.2) is 11.5 Å². The summed E-state index contributed by atoms with van der Waals surface area (Å²) in [6.07, 6.45) is 2.40. The smallest absolute Gasteiger partial charge is 0.231 e. The summed E-state index contributed by atoms with van der Waals surface area (Å²) in [4.78, 5) is 23.2. The number of carbonyl (C=O) groups excluding carboxylic acids is 2. The molecule has 1 amide bonds. The lowest BCUT2D eigenvalue weighted by Gasteiger charge is -2.20. The van der Waals surface area contributed by atoms with E-state index in [-0.39, 0.29) is 24.4 Å². The number of hydrogen-bond acceptors (Lipinski definition) is 4. The van der Waals surface area contributed by atoms with E-state index in [1.807, 2.05) is 18.2 Å². The number of amides is 1. The number of benzene rings is 1. The molecule has 0 bridgehead atoms. The van der Waals surface area contributed by atoms with Crippen LogP contribution in [0.15, 0.2) is 18.2 Å². The number of carbonyl (C=O) groups is 2. The Bertz CT molecular complexity index is 531. The number of ketones is 1. The van der Waals surface area contributed by atoms with Crippen LogP contribution < -0.4 is 14.8 Å². The van der Waals surface area contributed by atoms with Crippen molar-refractivity contribution in [3.05, 3.63) is 23.8 Å². The predicted molar refractivity (Wildman–Crippen MR) is 71.4 cm³/mol. The van der Waals surface area contributed by atoms with Crippen molar-refractivity contribution in [3.63, 3.8) is 0 Å². The highest BCUT2D eigenvalue weighted by Crippen LogP contribution is 2.32. The Labute approximate surface area is 117 Å². The number of Topliss-reactive ketones (excluding diaryl/α,β-unsaturated/α-hetero) is 1. The molecule has 1 aliphatic heterocycles. The molecule has 5 nitrogen and oxygen atoms in total. The SMILES string of the molecule is O=C1CCC(C(=O)NCc2ccc3c(c2)OCO3)CC1. The second-order valence-corrected chi connectivity index (χ2v) is 5.22. The van der Waals surface area contributed by atoms with Gasteiger partial charge in [-0.1, -0.05) is 6.07 Å². The molecule has 0 saturated heterocycles. The Balaban J connectivity index is 1.54. The minimum absolute atomic E-state index is 0.0262. The molecule has 20 heavy (non-hydrogen) atoms. The normalized spacial score (nSPS) is 18.1. The number of rotatable bonds is 3. The van der Waals surface area contributed by atoms with Crippen molar-refractivity contribution in [2.45, 2.75) is 32.2 Å². The molecule has 1 heterocycles. The monoisotopic (exact) mass is 275 g/mol. The number of nitrogens with one attached hydrogen (secondary N) is 1. The summed E-state index contributed by atoms with van der Waals surface area (Å²) in [7, 11) is 0. The van der Waals surface area contributed by atoms with E-state index in [1.165, 1.54) is 0 Å². The largest absolute Gasteiger partial charge is 0.454 e. The van der Waals surface area contributed by atoms with Gasteiger partial charge in [-0.3, -0.25) is 9.59 Å². The Morgan fingerprint density at radius 3 is 2.75 bits per heavy atom. The van der Waals surface area contributed by atoms with Crippen LogP contribution in [0.5, 0.6) is 11.5 Å². The van der Waals surface area contributed by atoms with E-state index in [9.17, 15) is 9.59 Å². The molecule has 0 spiro atoms. The lowest BCUT2D eigenvalue weighted by Crippen LogP contribution is -2.32. The standard InChI is InChI=1S/C15H17NO4/c17-12-4-2-11(3-5-12)15(18)16-8-10-1-6-13-14(7-10)20-9-19-13/h1,6-7,11H,2-5,8-9H2,(H,16,18). The molecule has 106 valence electrons. The molecule has 1 N–H and O–H groups in total. The minimum atomic E-state index is -0.0262. The zero-order valence-electron chi connectivity index (χ0n) is 11.2. The number of fused-ring (bicyclic) bond motifs is 1. The van der Waals surface area contributed by atoms with E-state index < -0.39 is 0 Å². The molecular formula is C15H17NO4. The van der Waals surface area contributed by atoms with Crippen molar-refractivity contribution in [2.75, 3.05) is 6.79 Å². The summed E-state index contributed by atoms with van der Waals surface area (Å²) >= 11 is 0. The first-order chi connectivity index (χ1) is 9.72. The molecule has 3 rings (SSSR count). The molecule has 0 radical (unpaired) electrons. The maximum Gasteiger partial charge on any atom is 0.231 e. The summed E-state index contributed by atoms with van der Waals surface area (Å²) in [5, 5.41) is 2.93. The van der Waals surface area contributed by atoms with Gasteiger partial charge in [0.1, 0.15) is 5.78 Å². The summed E-state index contributed by atoms with van der Waals surface area (Å²) < 4.78 is 10.5. The first kappa shape index (κ1) is 13.0. The van der Waals surface area contributed by atoms with Crippen LogP contribution in [0.3, 0.4) is 0 Å². The van der Waals surface area contributed by atoms with Gasteiger partial charge in [0.2, 0.25) is 12.7 Å². The number of ether oxygens (including phenoxy) is 2. The van der Waals surface area contributed by atoms with E-state index in [2.05, 4.69) is 5.32 Å². The van der Waals surface area contributed by atoms with E-state index in [0.717, 1.165) is 17.1 Å². The fourth-order valence-corrected chi connectivity index (χ4v) is 2.59. The van der Waals surface area contributed by atoms with Gasteiger partial charge in [-0.15, -0.1) is 0 Å². The van der Waals surface area contributed by atoms with Crippen LogP contribution in [0.4, 0.5) is 0 Å². The van der Waals surface area contributed by atoms with Gasteiger partial charge >= 0.3 is 0 Å². The van der Waals surface area contributed by atoms with Gasteiger partial charge in [0.05, 0.1) is 0 Å². The molecule has 1 fully saturated rings. The lowest BCUT2D eigenvalue weighted by molar-refractivity contribution is -0.128. The molecule has 1 aromatic carbocycles. The highest BCUT2D eigenvalue weighted by Gasteiger charge is 2.24. The zero-order valence-corrected chi connectivity index (χ0v) is 11.2. The average molecular weight is 275 g/mol. The quantitative estimate of drug-likeness (QED) is 0.913. The van der Waals surface area contributed by atoms with Gasteiger partial charge in [0.25, 0.3) is 0 Å². The molecule has 0 unspecified atom stereocenters. The van der Waals surface area contributed by atoms with Crippen molar-refractivity contribution in [1.29, 1.82) is 0 Å². The Morgan fingerprint density at radius 1 is 1.20 bits per heavy atom. The van der Waals surface area contributed by atoms with E-state index in [1.54, 1.807) is 0 Å². The molecule has 2 aliphatic rings. The Hall–Kier alpha value is -2.04. The summed E-state index contributed by atoms with van der Waals surface area (Å²) in [6, 6.07) is 5.65. The second kappa shape index (κ2) is 5.53. The molecule has 1 saturated carbocycles. The predicted octanol–water partition coefficient (Wildman–Crippen LogP) is 1.79. The van der Waals surface area contributed by atoms with Gasteiger partial charge in [-0.2, -0.15) is 0 Å². The molecule has 0 atom stereocenters. The topological polar surface area (TPSA) is 64.6 Å². The first-order valence-corrected chi connectivity index (χ1v) is 6.90. The van der Waals surface area contributed by atoms with Crippen molar-refractivity contribution in [1.82, 2.24) is 5.32 Å². The third kappa shape index (κ3) is 2.76. The van der Waals surface area contributed by atoms with Gasteiger partial charge < -0.3 is 14.8 Å². The minimum Gasteiger partial charge on any atom is -0.454 e. The molecular weight excluding hydrogens is 258 g/mol. The average Bonchev–Trinajstić information content (AvgIpc) is 2.93. The van der Waals surface area contributed by atoms with Crippen LogP contribution in [-0.2, 0) is 16.1 Å². The maximum atomic E-state index is 12.0. The third-order valence-electron chi connectivity index (χ3n) is 3.82. The summed E-state index contributed by atoms with van der Waals surface area (Å²) in [6.45, 7) is 0.723. The van der Waals surface area contributed by atoms with Crippen molar-refractivity contribution < 1.29 is 19.1 Å². The lowest BCUT2D eigenvalue weighted by atomic mass is 9.88. The van der Waals surface area contributed by atoms with Crippen molar-refractivity contribution in [3.8, 4) is 11.5 Å². The van der Waals surface area contributed by atoms with Crippen LogP contribution in [0.25, 0.3) is 0 Å².